The van der Waals surface area contributed by atoms with E-state index < -0.39 is 0 Å². The number of nitriles is 1. The van der Waals surface area contributed by atoms with Crippen LogP contribution in [-0.2, 0) is 4.79 Å². The van der Waals surface area contributed by atoms with Crippen molar-refractivity contribution < 1.29 is 4.79 Å². The van der Waals surface area contributed by atoms with Crippen molar-refractivity contribution in [2.75, 3.05) is 0 Å². The Kier molecular flexibility index (Phi) is 4.32. The molecule has 0 spiro atoms. The number of carbonyl (C=O) groups excluding carboxylic acids is 1. The van der Waals surface area contributed by atoms with Crippen LogP contribution in [0.5, 0.6) is 0 Å². The molecule has 1 heterocycles. The third kappa shape index (κ3) is 2.80. The predicted octanol–water partition coefficient (Wildman–Crippen LogP) is 2.81. The summed E-state index contributed by atoms with van der Waals surface area (Å²) < 4.78 is 0. The van der Waals surface area contributed by atoms with E-state index in [4.69, 9.17) is 5.26 Å². The van der Waals surface area contributed by atoms with Crippen LogP contribution in [0.4, 0.5) is 0 Å². The van der Waals surface area contributed by atoms with Crippen LogP contribution in [0.1, 0.15) is 26.7 Å². The Morgan fingerprint density at radius 1 is 1.53 bits per heavy atom. The highest BCUT2D eigenvalue weighted by Crippen LogP contribution is 2.30. The second-order valence-electron chi connectivity index (χ2n) is 2.94. The molecular formula is C11H12N2OS. The SMILES string of the molecule is CCC=C(C#N)C1=NC(=O)C(=CCC)S1. The average molecular weight is 220 g/mol. The fourth-order valence-electron chi connectivity index (χ4n) is 1.13. The number of aliphatic imine (C=N–C) groups is 1. The van der Waals surface area contributed by atoms with Crippen LogP contribution in [0.15, 0.2) is 27.6 Å². The largest absolute Gasteiger partial charge is 0.284 e. The summed E-state index contributed by atoms with van der Waals surface area (Å²) in [4.78, 5) is 15.9. The lowest BCUT2D eigenvalue weighted by molar-refractivity contribution is -0.113. The first-order chi connectivity index (χ1) is 7.22. The smallest absolute Gasteiger partial charge is 0.266 e. The van der Waals surface area contributed by atoms with Gasteiger partial charge in [-0.2, -0.15) is 5.26 Å². The van der Waals surface area contributed by atoms with Crippen molar-refractivity contribution in [2.24, 2.45) is 4.99 Å². The fraction of sp³-hybridized carbons (Fsp3) is 0.364. The molecule has 0 aromatic heterocycles. The maximum absolute atomic E-state index is 11.4. The molecule has 78 valence electrons. The van der Waals surface area contributed by atoms with Crippen LogP contribution in [-0.4, -0.2) is 11.0 Å². The molecular weight excluding hydrogens is 208 g/mol. The van der Waals surface area contributed by atoms with Gasteiger partial charge in [-0.15, -0.1) is 0 Å². The molecule has 1 rings (SSSR count). The molecule has 0 unspecified atom stereocenters. The van der Waals surface area contributed by atoms with Crippen LogP contribution < -0.4 is 0 Å². The Morgan fingerprint density at radius 3 is 2.80 bits per heavy atom. The van der Waals surface area contributed by atoms with Gasteiger partial charge in [-0.25, -0.2) is 4.99 Å². The van der Waals surface area contributed by atoms with E-state index in [-0.39, 0.29) is 5.91 Å². The first-order valence-electron chi connectivity index (χ1n) is 4.84. The molecule has 1 amide bonds. The van der Waals surface area contributed by atoms with Gasteiger partial charge < -0.3 is 0 Å². The van der Waals surface area contributed by atoms with Gasteiger partial charge in [-0.1, -0.05) is 37.8 Å². The summed E-state index contributed by atoms with van der Waals surface area (Å²) in [6, 6.07) is 2.06. The number of carbonyl (C=O) groups is 1. The lowest BCUT2D eigenvalue weighted by atomic mass is 10.2. The van der Waals surface area contributed by atoms with Gasteiger partial charge in [0.15, 0.2) is 0 Å². The minimum Gasteiger partial charge on any atom is -0.266 e. The zero-order chi connectivity index (χ0) is 11.3. The maximum Gasteiger partial charge on any atom is 0.284 e. The molecule has 0 saturated carbocycles. The second-order valence-corrected chi connectivity index (χ2v) is 3.97. The lowest BCUT2D eigenvalue weighted by Gasteiger charge is -1.94. The topological polar surface area (TPSA) is 53.2 Å². The number of hydrogen-bond donors (Lipinski definition) is 0. The van der Waals surface area contributed by atoms with E-state index in [2.05, 4.69) is 11.1 Å². The lowest BCUT2D eigenvalue weighted by Crippen LogP contribution is -1.91. The van der Waals surface area contributed by atoms with Gasteiger partial charge in [-0.05, 0) is 12.8 Å². The van der Waals surface area contributed by atoms with Crippen molar-refractivity contribution in [2.45, 2.75) is 26.7 Å². The van der Waals surface area contributed by atoms with Crippen molar-refractivity contribution in [1.82, 2.24) is 0 Å². The van der Waals surface area contributed by atoms with Crippen LogP contribution in [0.25, 0.3) is 0 Å². The molecule has 1 aliphatic heterocycles. The molecule has 0 bridgehead atoms. The number of thioether (sulfide) groups is 1. The molecule has 0 radical (unpaired) electrons. The first kappa shape index (κ1) is 11.7. The highest BCUT2D eigenvalue weighted by Gasteiger charge is 2.23. The molecule has 0 fully saturated rings. The van der Waals surface area contributed by atoms with E-state index in [1.807, 2.05) is 19.9 Å². The summed E-state index contributed by atoms with van der Waals surface area (Å²) in [6.45, 7) is 3.91. The van der Waals surface area contributed by atoms with Gasteiger partial charge in [0.25, 0.3) is 5.91 Å². The zero-order valence-corrected chi connectivity index (χ0v) is 9.60. The van der Waals surface area contributed by atoms with Gasteiger partial charge in [0.1, 0.15) is 11.1 Å². The molecule has 1 aliphatic rings. The Balaban J connectivity index is 2.90. The van der Waals surface area contributed by atoms with Crippen molar-refractivity contribution in [3.05, 3.63) is 22.6 Å². The standard InChI is InChI=1S/C11H12N2OS/c1-3-5-8(7-12)11-13-10(14)9(15-11)6-4-2/h5-6H,3-4H2,1-2H3. The molecule has 3 nitrogen and oxygen atoms in total. The molecule has 0 aliphatic carbocycles. The highest BCUT2D eigenvalue weighted by atomic mass is 32.2. The van der Waals surface area contributed by atoms with Crippen molar-refractivity contribution in [3.63, 3.8) is 0 Å². The molecule has 0 aromatic carbocycles. The van der Waals surface area contributed by atoms with Crippen molar-refractivity contribution in [3.8, 4) is 6.07 Å². The monoisotopic (exact) mass is 220 g/mol. The Morgan fingerprint density at radius 2 is 2.27 bits per heavy atom. The first-order valence-corrected chi connectivity index (χ1v) is 5.66. The van der Waals surface area contributed by atoms with Crippen molar-refractivity contribution in [1.29, 1.82) is 5.26 Å². The van der Waals surface area contributed by atoms with Crippen LogP contribution in [0.2, 0.25) is 0 Å². The minimum absolute atomic E-state index is 0.228. The molecule has 4 heteroatoms. The Labute approximate surface area is 93.6 Å². The Hall–Kier alpha value is -1.34. The normalized spacial score (nSPS) is 19.3. The van der Waals surface area contributed by atoms with E-state index >= 15 is 0 Å². The molecule has 0 aromatic rings. The van der Waals surface area contributed by atoms with Gasteiger partial charge >= 0.3 is 0 Å². The highest BCUT2D eigenvalue weighted by molar-refractivity contribution is 8.19. The van der Waals surface area contributed by atoms with E-state index in [1.165, 1.54) is 11.8 Å². The average Bonchev–Trinajstić information content (AvgIpc) is 2.57. The number of hydrogen-bond acceptors (Lipinski definition) is 3. The fourth-order valence-corrected chi connectivity index (χ4v) is 2.09. The van der Waals surface area contributed by atoms with Crippen LogP contribution in [0, 0.1) is 11.3 Å². The molecule has 0 saturated heterocycles. The van der Waals surface area contributed by atoms with Crippen molar-refractivity contribution >= 4 is 22.7 Å². The summed E-state index contributed by atoms with van der Waals surface area (Å²) in [7, 11) is 0. The Bertz CT molecular complexity index is 399. The molecule has 0 atom stereocenters. The maximum atomic E-state index is 11.4. The van der Waals surface area contributed by atoms with E-state index in [0.717, 1.165) is 12.8 Å². The molecule has 0 N–H and O–H groups in total. The molecule has 15 heavy (non-hydrogen) atoms. The summed E-state index contributed by atoms with van der Waals surface area (Å²) in [5.74, 6) is -0.228. The van der Waals surface area contributed by atoms with E-state index in [9.17, 15) is 4.79 Å². The number of rotatable bonds is 3. The summed E-state index contributed by atoms with van der Waals surface area (Å²) in [5.41, 5.74) is 0.496. The number of allylic oxidation sites excluding steroid dienone is 2. The number of nitrogens with zero attached hydrogens (tertiary/aromatic N) is 2. The predicted molar refractivity (Wildman–Crippen MR) is 62.4 cm³/mol. The number of amides is 1. The van der Waals surface area contributed by atoms with Gasteiger partial charge in [0, 0.05) is 0 Å². The second kappa shape index (κ2) is 5.52. The minimum atomic E-state index is -0.228. The van der Waals surface area contributed by atoms with E-state index in [1.54, 1.807) is 6.08 Å². The quantitative estimate of drug-likeness (QED) is 0.543. The summed E-state index contributed by atoms with van der Waals surface area (Å²) in [6.07, 6.45) is 5.19. The third-order valence-corrected chi connectivity index (χ3v) is 2.83. The zero-order valence-electron chi connectivity index (χ0n) is 8.78. The van der Waals surface area contributed by atoms with E-state index in [0.29, 0.717) is 15.5 Å². The third-order valence-electron chi connectivity index (χ3n) is 1.77. The summed E-state index contributed by atoms with van der Waals surface area (Å²) in [5, 5.41) is 9.41. The summed E-state index contributed by atoms with van der Waals surface area (Å²) >= 11 is 1.29. The van der Waals surface area contributed by atoms with Gasteiger partial charge in [0.05, 0.1) is 10.5 Å². The van der Waals surface area contributed by atoms with Crippen LogP contribution >= 0.6 is 11.8 Å². The van der Waals surface area contributed by atoms with Gasteiger partial charge in [0.2, 0.25) is 0 Å². The van der Waals surface area contributed by atoms with Crippen LogP contribution in [0.3, 0.4) is 0 Å². The van der Waals surface area contributed by atoms with Gasteiger partial charge in [-0.3, -0.25) is 4.79 Å².